The Hall–Kier alpha value is -1.17. The molecule has 0 aromatic carbocycles. The van der Waals surface area contributed by atoms with Crippen LogP contribution in [0.4, 0.5) is 0 Å². The van der Waals surface area contributed by atoms with Crippen LogP contribution < -0.4 is 0 Å². The lowest BCUT2D eigenvalue weighted by molar-refractivity contribution is -0.137. The number of carbonyl (C=O) groups is 2. The Balaban J connectivity index is 3.54. The van der Waals surface area contributed by atoms with E-state index in [0.717, 1.165) is 6.08 Å². The van der Waals surface area contributed by atoms with Crippen molar-refractivity contribution in [3.63, 3.8) is 0 Å². The minimum Gasteiger partial charge on any atom is -0.498 e. The second-order valence-corrected chi connectivity index (χ2v) is 14.6. The summed E-state index contributed by atoms with van der Waals surface area (Å²) in [4.78, 5) is 24.8. The van der Waals surface area contributed by atoms with Crippen LogP contribution in [-0.4, -0.2) is 53.8 Å². The zero-order chi connectivity index (χ0) is 24.2. The number of esters is 2. The number of halogens is 1. The molecule has 3 atom stereocenters. The highest BCUT2D eigenvalue weighted by atomic mass is 127. The Bertz CT molecular complexity index is 779. The van der Waals surface area contributed by atoms with Gasteiger partial charge in [0, 0.05) is 12.5 Å². The Morgan fingerprint density at radius 1 is 1.16 bits per heavy atom. The van der Waals surface area contributed by atoms with E-state index in [-0.39, 0.29) is 10.8 Å². The van der Waals surface area contributed by atoms with Gasteiger partial charge in [0.15, 0.2) is 8.32 Å². The first-order valence-corrected chi connectivity index (χ1v) is 14.1. The molecule has 0 radical (unpaired) electrons. The van der Waals surface area contributed by atoms with Gasteiger partial charge in [-0.2, -0.15) is 0 Å². The number of rotatable bonds is 8. The van der Waals surface area contributed by atoms with Gasteiger partial charge in [-0.15, -0.1) is 0 Å². The summed E-state index contributed by atoms with van der Waals surface area (Å²) in [5.41, 5.74) is -0.568. The molecule has 176 valence electrons. The maximum atomic E-state index is 13.3. The van der Waals surface area contributed by atoms with Crippen LogP contribution in [0.5, 0.6) is 0 Å². The van der Waals surface area contributed by atoms with Crippen LogP contribution in [0.2, 0.25) is 18.1 Å². The molecule has 9 heteroatoms. The molecular weight excluding hydrogens is 531 g/mol. The van der Waals surface area contributed by atoms with Gasteiger partial charge < -0.3 is 23.4 Å². The molecule has 0 fully saturated rings. The van der Waals surface area contributed by atoms with Crippen molar-refractivity contribution in [2.45, 2.75) is 65.0 Å². The molecule has 0 aromatic rings. The molecule has 0 spiro atoms. The molecule has 0 aromatic heterocycles. The van der Waals surface area contributed by atoms with E-state index in [2.05, 4.69) is 61.2 Å². The monoisotopic (exact) mass is 566 g/mol. The number of carbonyl (C=O) groups excluding carboxylic acids is 2. The summed E-state index contributed by atoms with van der Waals surface area (Å²) < 4.78 is 30.1. The molecule has 0 saturated heterocycles. The molecular formula is C22H35IO7Si. The van der Waals surface area contributed by atoms with Crippen molar-refractivity contribution in [2.75, 3.05) is 21.3 Å². The Morgan fingerprint density at radius 3 is 2.16 bits per heavy atom. The van der Waals surface area contributed by atoms with Gasteiger partial charge in [-0.3, -0.25) is 0 Å². The first kappa shape index (κ1) is 27.9. The molecule has 1 aliphatic carbocycles. The molecule has 31 heavy (non-hydrogen) atoms. The van der Waals surface area contributed by atoms with E-state index >= 15 is 0 Å². The fraction of sp³-hybridized carbons (Fsp3) is 0.636. The smallest absolute Gasteiger partial charge is 0.343 e. The number of methoxy groups -OCH3 is 3. The first-order chi connectivity index (χ1) is 14.2. The van der Waals surface area contributed by atoms with Gasteiger partial charge in [-0.25, -0.2) is 9.59 Å². The molecule has 7 nitrogen and oxygen atoms in total. The van der Waals surface area contributed by atoms with Crippen molar-refractivity contribution in [2.24, 2.45) is 5.41 Å². The van der Waals surface area contributed by atoms with Crippen molar-refractivity contribution >= 4 is 42.8 Å². The first-order valence-electron chi connectivity index (χ1n) is 9.95. The van der Waals surface area contributed by atoms with E-state index < -0.39 is 37.9 Å². The third kappa shape index (κ3) is 5.99. The summed E-state index contributed by atoms with van der Waals surface area (Å²) in [7, 11) is 2.08. The Morgan fingerprint density at radius 2 is 1.74 bits per heavy atom. The second kappa shape index (κ2) is 10.6. The Labute approximate surface area is 200 Å². The fourth-order valence-corrected chi connectivity index (χ4v) is 5.31. The molecule has 0 unspecified atom stereocenters. The largest absolute Gasteiger partial charge is 0.498 e. The van der Waals surface area contributed by atoms with E-state index in [1.165, 1.54) is 21.1 Å². The molecule has 0 heterocycles. The zero-order valence-electron chi connectivity index (χ0n) is 20.1. The van der Waals surface area contributed by atoms with Crippen LogP contribution in [0, 0.1) is 5.41 Å². The average Bonchev–Trinajstić information content (AvgIpc) is 2.87. The highest BCUT2D eigenvalue weighted by molar-refractivity contribution is 14.1. The van der Waals surface area contributed by atoms with Crippen LogP contribution in [0.1, 0.15) is 34.6 Å². The van der Waals surface area contributed by atoms with Crippen LogP contribution in [0.25, 0.3) is 0 Å². The van der Waals surface area contributed by atoms with E-state index in [1.807, 2.05) is 17.1 Å². The van der Waals surface area contributed by atoms with Crippen molar-refractivity contribution < 1.29 is 33.0 Å². The predicted octanol–water partition coefficient (Wildman–Crippen LogP) is 4.88. The number of ether oxygens (including phenoxy) is 4. The Kier molecular flexibility index (Phi) is 9.55. The fourth-order valence-electron chi connectivity index (χ4n) is 3.21. The number of allylic oxidation sites excluding steroid dienone is 1. The average molecular weight is 567 g/mol. The predicted molar refractivity (Wildman–Crippen MR) is 130 cm³/mol. The summed E-state index contributed by atoms with van der Waals surface area (Å²) in [5.74, 6) is -0.765. The van der Waals surface area contributed by atoms with E-state index in [0.29, 0.717) is 11.3 Å². The lowest BCUT2D eigenvalue weighted by Gasteiger charge is -2.43. The van der Waals surface area contributed by atoms with Crippen molar-refractivity contribution in [1.82, 2.24) is 0 Å². The molecule has 0 N–H and O–H groups in total. The lowest BCUT2D eigenvalue weighted by atomic mass is 9.81. The molecule has 0 bridgehead atoms. The van der Waals surface area contributed by atoms with Crippen LogP contribution >= 0.6 is 22.6 Å². The van der Waals surface area contributed by atoms with Crippen molar-refractivity contribution in [3.8, 4) is 0 Å². The van der Waals surface area contributed by atoms with Crippen molar-refractivity contribution in [3.05, 3.63) is 33.3 Å². The maximum absolute atomic E-state index is 13.3. The molecule has 0 aliphatic heterocycles. The molecule has 1 rings (SSSR count). The minimum atomic E-state index is -2.23. The molecule has 1 aliphatic rings. The van der Waals surface area contributed by atoms with Gasteiger partial charge in [0.05, 0.1) is 32.0 Å². The van der Waals surface area contributed by atoms with Gasteiger partial charge in [0.2, 0.25) is 0 Å². The normalized spacial score (nSPS) is 25.2. The zero-order valence-corrected chi connectivity index (χ0v) is 23.3. The number of hydrogen-bond acceptors (Lipinski definition) is 7. The summed E-state index contributed by atoms with van der Waals surface area (Å²) in [6.07, 6.45) is 1.93. The molecule has 0 amide bonds. The summed E-state index contributed by atoms with van der Waals surface area (Å²) in [5, 5.41) is -0.0451. The summed E-state index contributed by atoms with van der Waals surface area (Å²) in [6.45, 7) is 14.2. The standard InChI is InChI=1S/C22H35IO7Si/c1-14(13-15(24)26-6)29-20(25)16-17(27-7)18(28-8)19(22(16,5)11-12-23)30-31(9,10)21(2,3)4/h11-13,18-19H,1-10H3/b12-11+,14-13+/t18-,19+,22+/m0/s1. The topological polar surface area (TPSA) is 80.3 Å². The highest BCUT2D eigenvalue weighted by Gasteiger charge is 2.57. The second-order valence-electron chi connectivity index (χ2n) is 9.14. The van der Waals surface area contributed by atoms with Crippen molar-refractivity contribution in [1.29, 1.82) is 0 Å². The van der Waals surface area contributed by atoms with Gasteiger partial charge in [0.1, 0.15) is 17.6 Å². The van der Waals surface area contributed by atoms with Gasteiger partial charge in [-0.05, 0) is 36.1 Å². The van der Waals surface area contributed by atoms with Gasteiger partial charge in [0.25, 0.3) is 0 Å². The lowest BCUT2D eigenvalue weighted by Crippen LogP contribution is -2.51. The van der Waals surface area contributed by atoms with E-state index in [1.54, 1.807) is 7.11 Å². The minimum absolute atomic E-state index is 0.0451. The number of hydrogen-bond donors (Lipinski definition) is 0. The van der Waals surface area contributed by atoms with Crippen LogP contribution in [0.3, 0.4) is 0 Å². The summed E-state index contributed by atoms with van der Waals surface area (Å²) >= 11 is 2.12. The van der Waals surface area contributed by atoms with E-state index in [4.69, 9.17) is 18.6 Å². The van der Waals surface area contributed by atoms with Crippen LogP contribution in [0.15, 0.2) is 33.3 Å². The van der Waals surface area contributed by atoms with Gasteiger partial charge >= 0.3 is 11.9 Å². The third-order valence-electron chi connectivity index (χ3n) is 6.00. The molecule has 0 saturated carbocycles. The van der Waals surface area contributed by atoms with E-state index in [9.17, 15) is 9.59 Å². The van der Waals surface area contributed by atoms with Crippen LogP contribution in [-0.2, 0) is 33.0 Å². The quantitative estimate of drug-likeness (QED) is 0.136. The van der Waals surface area contributed by atoms with Gasteiger partial charge in [-0.1, -0.05) is 49.4 Å². The third-order valence-corrected chi connectivity index (χ3v) is 10.8. The maximum Gasteiger partial charge on any atom is 0.343 e. The SMILES string of the molecule is COC(=O)/C=C(\C)OC(=O)C1=C(OC)[C@H](OC)[C@@H](O[Si](C)(C)C(C)(C)C)[C@]1(C)/C=C/I. The summed E-state index contributed by atoms with van der Waals surface area (Å²) in [6, 6.07) is 0. The highest BCUT2D eigenvalue weighted by Crippen LogP contribution is 2.51.